The van der Waals surface area contributed by atoms with E-state index in [2.05, 4.69) is 43.8 Å². The van der Waals surface area contributed by atoms with Gasteiger partial charge in [-0.1, -0.05) is 48.7 Å². The quantitative estimate of drug-likeness (QED) is 0.511. The number of rotatable bonds is 5. The number of hydrogen-bond acceptors (Lipinski definition) is 0. The van der Waals surface area contributed by atoms with Crippen molar-refractivity contribution >= 4 is 0 Å². The minimum absolute atomic E-state index is 0.816. The highest BCUT2D eigenvalue weighted by Gasteiger charge is 2.24. The molecule has 23 heavy (non-hydrogen) atoms. The summed E-state index contributed by atoms with van der Waals surface area (Å²) in [7, 11) is 0. The second-order valence-electron chi connectivity index (χ2n) is 8.22. The van der Waals surface area contributed by atoms with E-state index in [0.717, 1.165) is 23.7 Å². The molecule has 2 aliphatic rings. The number of hydrogen-bond donors (Lipinski definition) is 0. The Bertz CT molecular complexity index is 467. The minimum Gasteiger partial charge on any atom is -0.103 e. The summed E-state index contributed by atoms with van der Waals surface area (Å²) in [4.78, 5) is 0. The van der Waals surface area contributed by atoms with E-state index in [1.165, 1.54) is 69.8 Å². The molecule has 0 heteroatoms. The Kier molecular flexibility index (Phi) is 5.97. The Morgan fingerprint density at radius 2 is 1.35 bits per heavy atom. The molecule has 0 heterocycles. The molecule has 0 spiro atoms. The lowest BCUT2D eigenvalue weighted by atomic mass is 9.74. The first-order valence-electron chi connectivity index (χ1n) is 9.93. The maximum Gasteiger partial charge on any atom is -0.0162 e. The molecule has 0 nitrogen and oxygen atoms in total. The molecule has 0 bridgehead atoms. The van der Waals surface area contributed by atoms with Gasteiger partial charge in [-0.25, -0.2) is 0 Å². The van der Waals surface area contributed by atoms with Crippen LogP contribution in [0, 0.1) is 24.7 Å². The molecular formula is C23H34. The predicted molar refractivity (Wildman–Crippen MR) is 101 cm³/mol. The fraction of sp³-hybridized carbons (Fsp3) is 0.652. The number of aryl methyl sites for hydroxylation is 1. The van der Waals surface area contributed by atoms with Crippen LogP contribution in [0.4, 0.5) is 0 Å². The van der Waals surface area contributed by atoms with Gasteiger partial charge < -0.3 is 0 Å². The van der Waals surface area contributed by atoms with E-state index in [1.807, 2.05) is 0 Å². The Hall–Kier alpha value is -1.04. The largest absolute Gasteiger partial charge is 0.103 e. The van der Waals surface area contributed by atoms with Crippen molar-refractivity contribution < 1.29 is 0 Å². The highest BCUT2D eigenvalue weighted by atomic mass is 14.3. The topological polar surface area (TPSA) is 0 Å². The van der Waals surface area contributed by atoms with Crippen molar-refractivity contribution in [1.29, 1.82) is 0 Å². The van der Waals surface area contributed by atoms with Crippen molar-refractivity contribution in [2.45, 2.75) is 77.0 Å². The Labute approximate surface area is 143 Å². The molecule has 0 atom stereocenters. The van der Waals surface area contributed by atoms with Crippen LogP contribution in [0.5, 0.6) is 0 Å². The van der Waals surface area contributed by atoms with Crippen molar-refractivity contribution in [3.63, 3.8) is 0 Å². The van der Waals surface area contributed by atoms with Crippen LogP contribution in [0.2, 0.25) is 0 Å². The van der Waals surface area contributed by atoms with Crippen LogP contribution in [0.1, 0.15) is 81.3 Å². The Morgan fingerprint density at radius 3 is 1.87 bits per heavy atom. The van der Waals surface area contributed by atoms with Gasteiger partial charge in [-0.3, -0.25) is 0 Å². The monoisotopic (exact) mass is 310 g/mol. The summed E-state index contributed by atoms with van der Waals surface area (Å²) in [6.07, 6.45) is 16.6. The zero-order valence-corrected chi connectivity index (χ0v) is 15.0. The summed E-state index contributed by atoms with van der Waals surface area (Å²) < 4.78 is 0. The molecule has 2 fully saturated rings. The van der Waals surface area contributed by atoms with E-state index < -0.39 is 0 Å². The van der Waals surface area contributed by atoms with Gasteiger partial charge in [0.1, 0.15) is 0 Å². The molecule has 0 aromatic heterocycles. The molecule has 126 valence electrons. The number of allylic oxidation sites excluding steroid dienone is 1. The Morgan fingerprint density at radius 1 is 0.826 bits per heavy atom. The van der Waals surface area contributed by atoms with Crippen LogP contribution in [-0.2, 0) is 0 Å². The molecule has 0 unspecified atom stereocenters. The zero-order valence-electron chi connectivity index (χ0n) is 15.0. The minimum atomic E-state index is 0.816. The van der Waals surface area contributed by atoms with Gasteiger partial charge in [0.05, 0.1) is 0 Å². The normalized spacial score (nSPS) is 31.7. The highest BCUT2D eigenvalue weighted by molar-refractivity contribution is 5.24. The third kappa shape index (κ3) is 4.72. The molecule has 1 aromatic rings. The summed E-state index contributed by atoms with van der Waals surface area (Å²) in [5, 5.41) is 0. The van der Waals surface area contributed by atoms with Gasteiger partial charge in [0, 0.05) is 0 Å². The molecule has 1 aromatic carbocycles. The molecule has 3 rings (SSSR count). The van der Waals surface area contributed by atoms with Crippen LogP contribution in [0.3, 0.4) is 0 Å². The van der Waals surface area contributed by atoms with Gasteiger partial charge in [0.15, 0.2) is 0 Å². The van der Waals surface area contributed by atoms with Gasteiger partial charge in [0.25, 0.3) is 0 Å². The number of benzene rings is 1. The lowest BCUT2D eigenvalue weighted by Crippen LogP contribution is -2.17. The van der Waals surface area contributed by atoms with Gasteiger partial charge in [-0.2, -0.15) is 0 Å². The summed E-state index contributed by atoms with van der Waals surface area (Å²) in [6.45, 7) is 6.15. The van der Waals surface area contributed by atoms with E-state index in [0.29, 0.717) is 0 Å². The molecule has 0 N–H and O–H groups in total. The van der Waals surface area contributed by atoms with Crippen molar-refractivity contribution in [2.24, 2.45) is 17.8 Å². The van der Waals surface area contributed by atoms with Crippen LogP contribution in [-0.4, -0.2) is 0 Å². The van der Waals surface area contributed by atoms with Crippen molar-refractivity contribution in [2.75, 3.05) is 0 Å². The first-order valence-corrected chi connectivity index (χ1v) is 9.93. The Balaban J connectivity index is 1.38. The van der Waals surface area contributed by atoms with Crippen LogP contribution in [0.15, 0.2) is 36.9 Å². The summed E-state index contributed by atoms with van der Waals surface area (Å²) >= 11 is 0. The molecule has 0 aliphatic heterocycles. The average Bonchev–Trinajstić information content (AvgIpc) is 2.61. The summed E-state index contributed by atoms with van der Waals surface area (Å²) in [5.74, 6) is 3.67. The SMILES string of the molecule is C=CC1CCC(CCC2CCC(c3ccc(C)cc3)CC2)CC1. The third-order valence-electron chi connectivity index (χ3n) is 6.60. The molecule has 0 amide bonds. The van der Waals surface area contributed by atoms with Crippen molar-refractivity contribution in [3.05, 3.63) is 48.0 Å². The van der Waals surface area contributed by atoms with Gasteiger partial charge >= 0.3 is 0 Å². The molecule has 2 saturated carbocycles. The zero-order chi connectivity index (χ0) is 16.1. The van der Waals surface area contributed by atoms with Crippen molar-refractivity contribution in [1.82, 2.24) is 0 Å². The van der Waals surface area contributed by atoms with Gasteiger partial charge in [-0.15, -0.1) is 6.58 Å². The molecule has 2 aliphatic carbocycles. The standard InChI is InChI=1S/C23H34/c1-3-19-6-8-20(9-7-19)10-11-21-12-16-23(17-13-21)22-14-4-18(2)5-15-22/h3-5,14-15,19-21,23H,1,6-13,16-17H2,2H3. The molecular weight excluding hydrogens is 276 g/mol. The summed E-state index contributed by atoms with van der Waals surface area (Å²) in [5.41, 5.74) is 2.96. The maximum atomic E-state index is 3.97. The lowest BCUT2D eigenvalue weighted by Gasteiger charge is -2.31. The van der Waals surface area contributed by atoms with E-state index in [-0.39, 0.29) is 0 Å². The summed E-state index contributed by atoms with van der Waals surface area (Å²) in [6, 6.07) is 9.28. The van der Waals surface area contributed by atoms with Crippen molar-refractivity contribution in [3.8, 4) is 0 Å². The maximum absolute atomic E-state index is 3.97. The predicted octanol–water partition coefficient (Wildman–Crippen LogP) is 7.04. The van der Waals surface area contributed by atoms with Gasteiger partial charge in [0.2, 0.25) is 0 Å². The fourth-order valence-corrected chi connectivity index (χ4v) is 4.81. The van der Waals surface area contributed by atoms with Crippen LogP contribution >= 0.6 is 0 Å². The van der Waals surface area contributed by atoms with Gasteiger partial charge in [-0.05, 0) is 87.5 Å². The van der Waals surface area contributed by atoms with E-state index >= 15 is 0 Å². The fourth-order valence-electron chi connectivity index (χ4n) is 4.81. The lowest BCUT2D eigenvalue weighted by molar-refractivity contribution is 0.246. The van der Waals surface area contributed by atoms with E-state index in [4.69, 9.17) is 0 Å². The highest BCUT2D eigenvalue weighted by Crippen LogP contribution is 2.39. The third-order valence-corrected chi connectivity index (χ3v) is 6.60. The smallest absolute Gasteiger partial charge is 0.0162 e. The average molecular weight is 311 g/mol. The molecule has 0 saturated heterocycles. The van der Waals surface area contributed by atoms with E-state index in [9.17, 15) is 0 Å². The first kappa shape index (κ1) is 16.8. The van der Waals surface area contributed by atoms with E-state index in [1.54, 1.807) is 5.56 Å². The second-order valence-corrected chi connectivity index (χ2v) is 8.22. The van der Waals surface area contributed by atoms with Crippen LogP contribution < -0.4 is 0 Å². The second kappa shape index (κ2) is 8.18. The molecule has 0 radical (unpaired) electrons. The van der Waals surface area contributed by atoms with Crippen LogP contribution in [0.25, 0.3) is 0 Å². The first-order chi connectivity index (χ1) is 11.2.